The van der Waals surface area contributed by atoms with E-state index in [9.17, 15) is 19.2 Å². The Morgan fingerprint density at radius 3 is 2.13 bits per heavy atom. The number of fused-ring (bicyclic) bond motifs is 1. The summed E-state index contributed by atoms with van der Waals surface area (Å²) in [5, 5.41) is 2.74. The molecular weight excluding hydrogens is 396 g/mol. The Kier molecular flexibility index (Phi) is 5.32. The lowest BCUT2D eigenvalue weighted by atomic mass is 10.1. The highest BCUT2D eigenvalue weighted by Gasteiger charge is 2.34. The zero-order valence-electron chi connectivity index (χ0n) is 16.6. The summed E-state index contributed by atoms with van der Waals surface area (Å²) in [6.07, 6.45) is 0. The molecule has 0 aliphatic carbocycles. The number of amides is 3. The second-order valence-corrected chi connectivity index (χ2v) is 7.01. The maximum Gasteiger partial charge on any atom is 0.308 e. The minimum Gasteiger partial charge on any atom is -0.427 e. The van der Waals surface area contributed by atoms with Gasteiger partial charge in [-0.1, -0.05) is 30.3 Å². The van der Waals surface area contributed by atoms with Gasteiger partial charge in [0.25, 0.3) is 17.7 Å². The average Bonchev–Trinajstić information content (AvgIpc) is 2.99. The summed E-state index contributed by atoms with van der Waals surface area (Å²) in [5.41, 5.74) is 2.42. The van der Waals surface area contributed by atoms with Crippen molar-refractivity contribution in [3.63, 3.8) is 0 Å². The van der Waals surface area contributed by atoms with E-state index >= 15 is 0 Å². The van der Waals surface area contributed by atoms with Crippen LogP contribution in [0.2, 0.25) is 0 Å². The minimum absolute atomic E-state index is 0.124. The molecule has 0 spiro atoms. The van der Waals surface area contributed by atoms with Crippen molar-refractivity contribution < 1.29 is 23.9 Å². The van der Waals surface area contributed by atoms with Gasteiger partial charge in [-0.3, -0.25) is 24.1 Å². The summed E-state index contributed by atoms with van der Waals surface area (Å²) < 4.78 is 5.01. The molecule has 0 saturated carbocycles. The first-order valence-corrected chi connectivity index (χ1v) is 9.56. The van der Waals surface area contributed by atoms with Crippen LogP contribution in [0.3, 0.4) is 0 Å². The molecule has 154 valence electrons. The molecule has 0 saturated heterocycles. The molecule has 0 radical (unpaired) electrons. The van der Waals surface area contributed by atoms with Crippen LogP contribution in [0, 0.1) is 0 Å². The minimum atomic E-state index is -0.447. The van der Waals surface area contributed by atoms with Crippen molar-refractivity contribution in [1.29, 1.82) is 0 Å². The van der Waals surface area contributed by atoms with E-state index in [1.165, 1.54) is 11.8 Å². The quantitative estimate of drug-likeness (QED) is 0.391. The number of esters is 1. The van der Waals surface area contributed by atoms with Crippen LogP contribution in [0.4, 0.5) is 5.69 Å². The van der Waals surface area contributed by atoms with Gasteiger partial charge in [-0.2, -0.15) is 0 Å². The Morgan fingerprint density at radius 1 is 0.871 bits per heavy atom. The molecule has 4 rings (SSSR count). The molecule has 7 nitrogen and oxygen atoms in total. The van der Waals surface area contributed by atoms with E-state index in [-0.39, 0.29) is 24.3 Å². The highest BCUT2D eigenvalue weighted by atomic mass is 16.5. The van der Waals surface area contributed by atoms with E-state index in [2.05, 4.69) is 5.32 Å². The first-order chi connectivity index (χ1) is 14.9. The predicted molar refractivity (Wildman–Crippen MR) is 113 cm³/mol. The molecule has 3 aromatic rings. The normalized spacial score (nSPS) is 12.5. The van der Waals surface area contributed by atoms with Crippen molar-refractivity contribution in [2.24, 2.45) is 0 Å². The molecule has 1 heterocycles. The van der Waals surface area contributed by atoms with Crippen LogP contribution >= 0.6 is 0 Å². The fourth-order valence-corrected chi connectivity index (χ4v) is 3.33. The molecule has 0 atom stereocenters. The number of nitrogens with zero attached hydrogens (tertiary/aromatic N) is 1. The zero-order chi connectivity index (χ0) is 22.0. The van der Waals surface area contributed by atoms with Gasteiger partial charge in [-0.25, -0.2) is 0 Å². The van der Waals surface area contributed by atoms with E-state index in [0.29, 0.717) is 28.1 Å². The number of carbonyl (C=O) groups excluding carboxylic acids is 4. The van der Waals surface area contributed by atoms with Gasteiger partial charge in [-0.15, -0.1) is 0 Å². The van der Waals surface area contributed by atoms with Gasteiger partial charge >= 0.3 is 5.97 Å². The van der Waals surface area contributed by atoms with Crippen molar-refractivity contribution in [2.75, 3.05) is 5.32 Å². The number of benzene rings is 3. The lowest BCUT2D eigenvalue weighted by Gasteiger charge is -2.14. The van der Waals surface area contributed by atoms with Crippen molar-refractivity contribution in [3.8, 4) is 5.75 Å². The maximum atomic E-state index is 12.5. The van der Waals surface area contributed by atoms with Gasteiger partial charge in [0, 0.05) is 24.2 Å². The fourth-order valence-electron chi connectivity index (χ4n) is 3.33. The summed E-state index contributed by atoms with van der Waals surface area (Å²) >= 11 is 0. The predicted octanol–water partition coefficient (Wildman–Crippen LogP) is 3.66. The molecular formula is C24H18N2O5. The molecule has 0 aromatic heterocycles. The third-order valence-electron chi connectivity index (χ3n) is 4.79. The van der Waals surface area contributed by atoms with Gasteiger partial charge in [0.2, 0.25) is 0 Å². The Hall–Kier alpha value is -4.26. The number of imide groups is 1. The van der Waals surface area contributed by atoms with Gasteiger partial charge in [0.05, 0.1) is 17.7 Å². The van der Waals surface area contributed by atoms with Crippen molar-refractivity contribution in [1.82, 2.24) is 4.90 Å². The SMILES string of the molecule is CC(=O)Oc1cccc(NC(=O)c2ccc(CN3C(=O)c4ccccc4C3=O)cc2)c1. The van der Waals surface area contributed by atoms with Gasteiger partial charge in [0.15, 0.2) is 0 Å². The summed E-state index contributed by atoms with van der Waals surface area (Å²) in [5.74, 6) is -1.10. The highest BCUT2D eigenvalue weighted by molar-refractivity contribution is 6.21. The molecule has 1 aliphatic heterocycles. The molecule has 3 amide bonds. The Bertz CT molecular complexity index is 1170. The van der Waals surface area contributed by atoms with Gasteiger partial charge in [-0.05, 0) is 42.0 Å². The van der Waals surface area contributed by atoms with Crippen LogP contribution in [0.1, 0.15) is 43.6 Å². The molecule has 0 bridgehead atoms. The monoisotopic (exact) mass is 414 g/mol. The first-order valence-electron chi connectivity index (χ1n) is 9.56. The molecule has 3 aromatic carbocycles. The highest BCUT2D eigenvalue weighted by Crippen LogP contribution is 2.24. The van der Waals surface area contributed by atoms with Gasteiger partial charge in [0.1, 0.15) is 5.75 Å². The second kappa shape index (κ2) is 8.23. The van der Waals surface area contributed by atoms with Crippen molar-refractivity contribution >= 4 is 29.4 Å². The number of hydrogen-bond donors (Lipinski definition) is 1. The Balaban J connectivity index is 1.43. The third kappa shape index (κ3) is 4.20. The molecule has 31 heavy (non-hydrogen) atoms. The van der Waals surface area contributed by atoms with Crippen molar-refractivity contribution in [3.05, 3.63) is 95.1 Å². The summed E-state index contributed by atoms with van der Waals surface area (Å²) in [4.78, 5) is 49.8. The summed E-state index contributed by atoms with van der Waals surface area (Å²) in [7, 11) is 0. The molecule has 1 aliphatic rings. The topological polar surface area (TPSA) is 92.8 Å². The van der Waals surface area contributed by atoms with Gasteiger partial charge < -0.3 is 10.1 Å². The van der Waals surface area contributed by atoms with Crippen LogP contribution in [0.15, 0.2) is 72.8 Å². The molecule has 0 unspecified atom stereocenters. The van der Waals surface area contributed by atoms with Crippen LogP contribution in [-0.4, -0.2) is 28.6 Å². The summed E-state index contributed by atoms with van der Waals surface area (Å²) in [6.45, 7) is 1.42. The van der Waals surface area contributed by atoms with Crippen LogP contribution in [0.25, 0.3) is 0 Å². The summed E-state index contributed by atoms with van der Waals surface area (Å²) in [6, 6.07) is 19.9. The van der Waals surface area contributed by atoms with E-state index in [1.807, 2.05) is 0 Å². The molecule has 7 heteroatoms. The number of nitrogens with one attached hydrogen (secondary N) is 1. The number of rotatable bonds is 5. The molecule has 1 N–H and O–H groups in total. The second-order valence-electron chi connectivity index (χ2n) is 7.01. The number of ether oxygens (including phenoxy) is 1. The van der Waals surface area contributed by atoms with E-state index in [0.717, 1.165) is 5.56 Å². The third-order valence-corrected chi connectivity index (χ3v) is 4.79. The number of hydrogen-bond acceptors (Lipinski definition) is 5. The number of carbonyl (C=O) groups is 4. The van der Waals surface area contributed by atoms with E-state index in [4.69, 9.17) is 4.74 Å². The lowest BCUT2D eigenvalue weighted by molar-refractivity contribution is -0.131. The zero-order valence-corrected chi connectivity index (χ0v) is 16.6. The van der Waals surface area contributed by atoms with Crippen LogP contribution in [0.5, 0.6) is 5.75 Å². The Labute approximate surface area is 178 Å². The Morgan fingerprint density at radius 2 is 1.52 bits per heavy atom. The van der Waals surface area contributed by atoms with E-state index < -0.39 is 5.97 Å². The molecule has 0 fully saturated rings. The lowest BCUT2D eigenvalue weighted by Crippen LogP contribution is -2.29. The van der Waals surface area contributed by atoms with Crippen molar-refractivity contribution in [2.45, 2.75) is 13.5 Å². The van der Waals surface area contributed by atoms with Crippen LogP contribution in [-0.2, 0) is 11.3 Å². The van der Waals surface area contributed by atoms with Crippen LogP contribution < -0.4 is 10.1 Å². The van der Waals surface area contributed by atoms with E-state index in [1.54, 1.807) is 72.8 Å². The average molecular weight is 414 g/mol. The standard InChI is InChI=1S/C24H18N2O5/c1-15(27)31-19-6-4-5-18(13-19)25-22(28)17-11-9-16(10-12-17)14-26-23(29)20-7-2-3-8-21(20)24(26)30/h2-13H,14H2,1H3,(H,25,28). The largest absolute Gasteiger partial charge is 0.427 e. The fraction of sp³-hybridized carbons (Fsp3) is 0.0833. The smallest absolute Gasteiger partial charge is 0.308 e. The first kappa shape index (κ1) is 20.0. The number of anilines is 1. The maximum absolute atomic E-state index is 12.5.